The van der Waals surface area contributed by atoms with Gasteiger partial charge in [-0.2, -0.15) is 11.8 Å². The Labute approximate surface area is 132 Å². The lowest BCUT2D eigenvalue weighted by Crippen LogP contribution is -2.54. The third-order valence-electron chi connectivity index (χ3n) is 4.89. The first kappa shape index (κ1) is 18.4. The molecule has 20 heavy (non-hydrogen) atoms. The quantitative estimate of drug-likeness (QED) is 0.339. The Hall–Kier alpha value is 0.310. The summed E-state index contributed by atoms with van der Waals surface area (Å²) in [7, 11) is 0. The Kier molecular flexibility index (Phi) is 10.9. The van der Waals surface area contributed by atoms with E-state index in [1.807, 2.05) is 0 Å². The highest BCUT2D eigenvalue weighted by molar-refractivity contribution is 7.99. The second-order valence-corrected chi connectivity index (χ2v) is 7.90. The van der Waals surface area contributed by atoms with Crippen LogP contribution in [0.15, 0.2) is 0 Å². The molecule has 0 atom stereocenters. The number of rotatable bonds is 12. The van der Waals surface area contributed by atoms with Gasteiger partial charge < -0.3 is 4.48 Å². The van der Waals surface area contributed by atoms with E-state index in [1.54, 1.807) is 0 Å². The van der Waals surface area contributed by atoms with Gasteiger partial charge in [0.2, 0.25) is 0 Å². The van der Waals surface area contributed by atoms with Gasteiger partial charge in [0.15, 0.2) is 0 Å². The van der Waals surface area contributed by atoms with Crippen LogP contribution in [0.3, 0.4) is 0 Å². The van der Waals surface area contributed by atoms with Crippen molar-refractivity contribution in [2.45, 2.75) is 78.1 Å². The summed E-state index contributed by atoms with van der Waals surface area (Å²) < 4.78 is 1.46. The summed E-state index contributed by atoms with van der Waals surface area (Å²) in [6.45, 7) is 10.5. The molecule has 0 aromatic carbocycles. The zero-order valence-corrected chi connectivity index (χ0v) is 15.0. The maximum atomic E-state index is 2.32. The zero-order valence-electron chi connectivity index (χ0n) is 14.2. The van der Waals surface area contributed by atoms with Gasteiger partial charge in [-0.1, -0.05) is 52.4 Å². The molecule has 1 nitrogen and oxygen atoms in total. The van der Waals surface area contributed by atoms with E-state index in [0.29, 0.717) is 0 Å². The summed E-state index contributed by atoms with van der Waals surface area (Å²) in [5.41, 5.74) is 0. The summed E-state index contributed by atoms with van der Waals surface area (Å²) in [6.07, 6.45) is 14.4. The normalized spacial score (nSPS) is 18.3. The largest absolute Gasteiger partial charge is 0.322 e. The molecule has 0 spiro atoms. The zero-order chi connectivity index (χ0) is 14.5. The number of hydrogen-bond acceptors (Lipinski definition) is 1. The van der Waals surface area contributed by atoms with Crippen LogP contribution in [0, 0.1) is 0 Å². The van der Waals surface area contributed by atoms with E-state index in [4.69, 9.17) is 0 Å². The molecule has 120 valence electrons. The predicted octanol–water partition coefficient (Wildman–Crippen LogP) is 5.49. The van der Waals surface area contributed by atoms with Crippen LogP contribution >= 0.6 is 11.8 Å². The SMILES string of the molecule is CCCCCCCC[N+]1(CCCCCC)CCSCC1. The summed E-state index contributed by atoms with van der Waals surface area (Å²) in [4.78, 5) is 0. The fourth-order valence-corrected chi connectivity index (χ4v) is 4.63. The van der Waals surface area contributed by atoms with Crippen LogP contribution in [0.1, 0.15) is 78.1 Å². The van der Waals surface area contributed by atoms with Crippen molar-refractivity contribution in [3.05, 3.63) is 0 Å². The monoisotopic (exact) mass is 300 g/mol. The molecule has 2 heteroatoms. The highest BCUT2D eigenvalue weighted by Gasteiger charge is 2.28. The average molecular weight is 301 g/mol. The topological polar surface area (TPSA) is 0 Å². The van der Waals surface area contributed by atoms with Gasteiger partial charge in [-0.15, -0.1) is 0 Å². The van der Waals surface area contributed by atoms with E-state index in [-0.39, 0.29) is 0 Å². The molecule has 1 rings (SSSR count). The van der Waals surface area contributed by atoms with Gasteiger partial charge in [0.05, 0.1) is 26.2 Å². The van der Waals surface area contributed by atoms with Crippen molar-refractivity contribution in [2.75, 3.05) is 37.7 Å². The maximum Gasteiger partial charge on any atom is 0.0878 e. The minimum Gasteiger partial charge on any atom is -0.322 e. The predicted molar refractivity (Wildman–Crippen MR) is 94.6 cm³/mol. The number of thioether (sulfide) groups is 1. The van der Waals surface area contributed by atoms with E-state index >= 15 is 0 Å². The summed E-state index contributed by atoms with van der Waals surface area (Å²) in [6, 6.07) is 0. The van der Waals surface area contributed by atoms with E-state index < -0.39 is 0 Å². The van der Waals surface area contributed by atoms with Crippen LogP contribution < -0.4 is 0 Å². The van der Waals surface area contributed by atoms with E-state index in [9.17, 15) is 0 Å². The van der Waals surface area contributed by atoms with Crippen LogP contribution in [0.25, 0.3) is 0 Å². The van der Waals surface area contributed by atoms with Crippen molar-refractivity contribution < 1.29 is 4.48 Å². The van der Waals surface area contributed by atoms with E-state index in [1.165, 1.54) is 106 Å². The lowest BCUT2D eigenvalue weighted by atomic mass is 10.1. The van der Waals surface area contributed by atoms with Gasteiger partial charge in [0.25, 0.3) is 0 Å². The van der Waals surface area contributed by atoms with Crippen molar-refractivity contribution >= 4 is 11.8 Å². The molecule has 1 aliphatic heterocycles. The van der Waals surface area contributed by atoms with Crippen molar-refractivity contribution in [3.63, 3.8) is 0 Å². The maximum absolute atomic E-state index is 2.32. The van der Waals surface area contributed by atoms with Gasteiger partial charge in [-0.3, -0.25) is 0 Å². The Morgan fingerprint density at radius 1 is 0.650 bits per heavy atom. The van der Waals surface area contributed by atoms with Crippen LogP contribution in [0.4, 0.5) is 0 Å². The Bertz CT molecular complexity index is 211. The van der Waals surface area contributed by atoms with Gasteiger partial charge in [-0.25, -0.2) is 0 Å². The molecule has 0 radical (unpaired) electrons. The first-order valence-corrected chi connectivity index (χ1v) is 10.4. The van der Waals surface area contributed by atoms with Crippen LogP contribution in [0.2, 0.25) is 0 Å². The third-order valence-corrected chi connectivity index (χ3v) is 5.83. The van der Waals surface area contributed by atoms with Crippen LogP contribution in [0.5, 0.6) is 0 Å². The Balaban J connectivity index is 2.20. The molecule has 0 aliphatic carbocycles. The minimum absolute atomic E-state index is 1.37. The molecule has 1 fully saturated rings. The molecule has 1 saturated heterocycles. The van der Waals surface area contributed by atoms with Gasteiger partial charge in [0.1, 0.15) is 0 Å². The van der Waals surface area contributed by atoms with Crippen LogP contribution in [-0.2, 0) is 0 Å². The Morgan fingerprint density at radius 2 is 1.10 bits per heavy atom. The lowest BCUT2D eigenvalue weighted by Gasteiger charge is -2.41. The van der Waals surface area contributed by atoms with E-state index in [2.05, 4.69) is 25.6 Å². The third kappa shape index (κ3) is 7.93. The van der Waals surface area contributed by atoms with E-state index in [0.717, 1.165) is 0 Å². The van der Waals surface area contributed by atoms with Crippen molar-refractivity contribution in [1.82, 2.24) is 0 Å². The number of quaternary nitrogens is 1. The van der Waals surface area contributed by atoms with Crippen molar-refractivity contribution in [1.29, 1.82) is 0 Å². The highest BCUT2D eigenvalue weighted by Crippen LogP contribution is 2.21. The second kappa shape index (κ2) is 11.9. The summed E-state index contributed by atoms with van der Waals surface area (Å²) >= 11 is 2.18. The molecule has 1 aliphatic rings. The lowest BCUT2D eigenvalue weighted by molar-refractivity contribution is -0.925. The summed E-state index contributed by atoms with van der Waals surface area (Å²) in [5.74, 6) is 2.81. The second-order valence-electron chi connectivity index (χ2n) is 6.68. The first-order valence-electron chi connectivity index (χ1n) is 9.26. The summed E-state index contributed by atoms with van der Waals surface area (Å²) in [5, 5.41) is 0. The molecule has 0 aromatic heterocycles. The molecule has 0 amide bonds. The molecule has 0 N–H and O–H groups in total. The first-order chi connectivity index (χ1) is 9.83. The fraction of sp³-hybridized carbons (Fsp3) is 1.00. The Morgan fingerprint density at radius 3 is 1.65 bits per heavy atom. The van der Waals surface area contributed by atoms with Crippen molar-refractivity contribution in [2.24, 2.45) is 0 Å². The fourth-order valence-electron chi connectivity index (χ4n) is 3.39. The molecule has 1 heterocycles. The molecule has 0 bridgehead atoms. The standard InChI is InChI=1S/C18H38NS/c1-3-5-7-9-10-12-14-19(13-11-8-6-4-2)15-17-20-18-16-19/h3-18H2,1-2H3/q+1. The number of unbranched alkanes of at least 4 members (excludes halogenated alkanes) is 8. The molecule has 0 aromatic rings. The highest BCUT2D eigenvalue weighted by atomic mass is 32.2. The minimum atomic E-state index is 1.37. The molecular weight excluding hydrogens is 262 g/mol. The van der Waals surface area contributed by atoms with Gasteiger partial charge in [0, 0.05) is 11.5 Å². The molecule has 0 unspecified atom stereocenters. The average Bonchev–Trinajstić information content (AvgIpc) is 2.48. The van der Waals surface area contributed by atoms with Crippen LogP contribution in [-0.4, -0.2) is 42.2 Å². The number of nitrogens with zero attached hydrogens (tertiary/aromatic N) is 1. The van der Waals surface area contributed by atoms with Gasteiger partial charge in [-0.05, 0) is 25.7 Å². The molecular formula is C18H38NS+. The van der Waals surface area contributed by atoms with Crippen molar-refractivity contribution in [3.8, 4) is 0 Å². The van der Waals surface area contributed by atoms with Gasteiger partial charge >= 0.3 is 0 Å². The molecule has 0 saturated carbocycles. The smallest absolute Gasteiger partial charge is 0.0878 e. The number of hydrogen-bond donors (Lipinski definition) is 0.